The average molecular weight is 478 g/mol. The first-order valence-electron chi connectivity index (χ1n) is 11.3. The zero-order valence-electron chi connectivity index (χ0n) is 19.3. The molecule has 0 aliphatic carbocycles. The molecular formula is C27H28FN3O4. The molecule has 182 valence electrons. The van der Waals surface area contributed by atoms with E-state index in [-0.39, 0.29) is 24.5 Å². The molecule has 3 aromatic rings. The van der Waals surface area contributed by atoms with E-state index in [1.807, 2.05) is 6.07 Å². The molecule has 0 aromatic heterocycles. The van der Waals surface area contributed by atoms with Gasteiger partial charge in [0.15, 0.2) is 0 Å². The topological polar surface area (TPSA) is 108 Å². The fourth-order valence-electron chi connectivity index (χ4n) is 3.41. The minimum Gasteiger partial charge on any atom is -0.508 e. The molecule has 35 heavy (non-hydrogen) atoms. The van der Waals surface area contributed by atoms with Crippen LogP contribution < -0.4 is 16.0 Å². The molecule has 2 unspecified atom stereocenters. The molecule has 0 aliphatic rings. The Morgan fingerprint density at radius 3 is 2.11 bits per heavy atom. The monoisotopic (exact) mass is 477 g/mol. The van der Waals surface area contributed by atoms with Crippen LogP contribution in [0.3, 0.4) is 0 Å². The van der Waals surface area contributed by atoms with Crippen LogP contribution in [0, 0.1) is 5.82 Å². The Bertz CT molecular complexity index is 1140. The zero-order chi connectivity index (χ0) is 25.2. The van der Waals surface area contributed by atoms with Gasteiger partial charge >= 0.3 is 0 Å². The molecule has 0 saturated carbocycles. The molecule has 0 saturated heterocycles. The number of hydrogen-bond acceptors (Lipinski definition) is 4. The van der Waals surface area contributed by atoms with Crippen LogP contribution in [-0.4, -0.2) is 34.9 Å². The normalized spacial score (nSPS) is 12.3. The first-order valence-corrected chi connectivity index (χ1v) is 11.3. The number of hydrogen-bond donors (Lipinski definition) is 4. The Kier molecular flexibility index (Phi) is 8.95. The number of halogens is 1. The van der Waals surface area contributed by atoms with Gasteiger partial charge in [-0.2, -0.15) is 0 Å². The van der Waals surface area contributed by atoms with Crippen molar-refractivity contribution in [3.8, 4) is 5.75 Å². The van der Waals surface area contributed by atoms with Crippen molar-refractivity contribution in [1.29, 1.82) is 0 Å². The van der Waals surface area contributed by atoms with Gasteiger partial charge < -0.3 is 21.1 Å². The number of aromatic hydroxyl groups is 1. The highest BCUT2D eigenvalue weighted by Gasteiger charge is 2.25. The van der Waals surface area contributed by atoms with Crippen molar-refractivity contribution in [2.24, 2.45) is 0 Å². The summed E-state index contributed by atoms with van der Waals surface area (Å²) >= 11 is 0. The van der Waals surface area contributed by atoms with Gasteiger partial charge in [0.05, 0.1) is 0 Å². The third-order valence-corrected chi connectivity index (χ3v) is 5.38. The number of benzene rings is 3. The summed E-state index contributed by atoms with van der Waals surface area (Å²) in [6.45, 7) is 1.54. The molecule has 0 heterocycles. The minimum absolute atomic E-state index is 0.145. The minimum atomic E-state index is -0.940. The summed E-state index contributed by atoms with van der Waals surface area (Å²) in [5, 5.41) is 17.5. The lowest BCUT2D eigenvalue weighted by atomic mass is 10.0. The number of anilines is 1. The van der Waals surface area contributed by atoms with E-state index in [1.54, 1.807) is 60.7 Å². The molecule has 0 aliphatic heterocycles. The molecule has 0 fully saturated rings. The zero-order valence-corrected chi connectivity index (χ0v) is 19.3. The number of aryl methyl sites for hydroxylation is 1. The molecule has 3 amide bonds. The predicted molar refractivity (Wildman–Crippen MR) is 131 cm³/mol. The van der Waals surface area contributed by atoms with Crippen LogP contribution in [0.1, 0.15) is 24.5 Å². The molecular weight excluding hydrogens is 449 g/mol. The summed E-state index contributed by atoms with van der Waals surface area (Å²) in [6.07, 6.45) is 0.759. The Balaban J connectivity index is 1.60. The fourth-order valence-corrected chi connectivity index (χ4v) is 3.41. The summed E-state index contributed by atoms with van der Waals surface area (Å²) in [4.78, 5) is 38.1. The van der Waals surface area contributed by atoms with Crippen molar-refractivity contribution >= 4 is 23.4 Å². The van der Waals surface area contributed by atoms with Crippen LogP contribution in [0.5, 0.6) is 5.75 Å². The molecule has 3 aromatic carbocycles. The smallest absolute Gasteiger partial charge is 0.247 e. The van der Waals surface area contributed by atoms with E-state index >= 15 is 0 Å². The quantitative estimate of drug-likeness (QED) is 0.359. The molecule has 2 atom stereocenters. The molecule has 7 nitrogen and oxygen atoms in total. The lowest BCUT2D eigenvalue weighted by molar-refractivity contribution is -0.130. The highest BCUT2D eigenvalue weighted by Crippen LogP contribution is 2.12. The van der Waals surface area contributed by atoms with Gasteiger partial charge in [-0.05, 0) is 60.9 Å². The highest BCUT2D eigenvalue weighted by molar-refractivity contribution is 5.98. The Labute approximate surface area is 203 Å². The van der Waals surface area contributed by atoms with E-state index in [4.69, 9.17) is 0 Å². The Morgan fingerprint density at radius 2 is 1.46 bits per heavy atom. The first kappa shape index (κ1) is 25.4. The third-order valence-electron chi connectivity index (χ3n) is 5.38. The van der Waals surface area contributed by atoms with E-state index in [2.05, 4.69) is 16.0 Å². The fraction of sp³-hybridized carbons (Fsp3) is 0.222. The molecule has 0 bridgehead atoms. The second kappa shape index (κ2) is 12.3. The number of nitrogens with one attached hydrogen (secondary N) is 3. The third kappa shape index (κ3) is 8.26. The SMILES string of the molecule is CC(NC(=O)CCc1ccc(O)cc1)C(=O)NC(Cc1ccc(F)cc1)C(=O)Nc1ccccc1. The van der Waals surface area contributed by atoms with Crippen molar-refractivity contribution in [3.63, 3.8) is 0 Å². The van der Waals surface area contributed by atoms with Gasteiger partial charge in [0.25, 0.3) is 0 Å². The number of carbonyl (C=O) groups is 3. The van der Waals surface area contributed by atoms with Crippen LogP contribution in [0.25, 0.3) is 0 Å². The number of phenolic OH excluding ortho intramolecular Hbond substituents is 1. The number of carbonyl (C=O) groups excluding carboxylic acids is 3. The van der Waals surface area contributed by atoms with Crippen LogP contribution in [0.15, 0.2) is 78.9 Å². The largest absolute Gasteiger partial charge is 0.508 e. The number of rotatable bonds is 10. The average Bonchev–Trinajstić information content (AvgIpc) is 2.85. The van der Waals surface area contributed by atoms with Gasteiger partial charge in [0.1, 0.15) is 23.7 Å². The van der Waals surface area contributed by atoms with Crippen molar-refractivity contribution in [2.45, 2.75) is 38.3 Å². The van der Waals surface area contributed by atoms with Gasteiger partial charge in [-0.25, -0.2) is 4.39 Å². The molecule has 4 N–H and O–H groups in total. The van der Waals surface area contributed by atoms with Crippen molar-refractivity contribution < 1.29 is 23.9 Å². The van der Waals surface area contributed by atoms with Gasteiger partial charge in [0, 0.05) is 18.5 Å². The Morgan fingerprint density at radius 1 is 0.829 bits per heavy atom. The molecule has 8 heteroatoms. The number of amides is 3. The van der Waals surface area contributed by atoms with Crippen molar-refractivity contribution in [3.05, 3.63) is 95.8 Å². The summed E-state index contributed by atoms with van der Waals surface area (Å²) in [5.74, 6) is -1.51. The highest BCUT2D eigenvalue weighted by atomic mass is 19.1. The molecule has 0 radical (unpaired) electrons. The summed E-state index contributed by atoms with van der Waals surface area (Å²) in [5.41, 5.74) is 2.13. The summed E-state index contributed by atoms with van der Waals surface area (Å²) in [7, 11) is 0. The Hall–Kier alpha value is -4.20. The van der Waals surface area contributed by atoms with Crippen LogP contribution in [0.4, 0.5) is 10.1 Å². The standard InChI is InChI=1S/C27H28FN3O4/c1-18(29-25(33)16-11-19-9-14-23(32)15-10-19)26(34)31-24(17-20-7-12-21(28)13-8-20)27(35)30-22-5-3-2-4-6-22/h2-10,12-15,18,24,32H,11,16-17H2,1H3,(H,29,33)(H,30,35)(H,31,34). The maximum absolute atomic E-state index is 13.3. The van der Waals surface area contributed by atoms with E-state index in [1.165, 1.54) is 19.1 Å². The summed E-state index contributed by atoms with van der Waals surface area (Å²) < 4.78 is 13.3. The van der Waals surface area contributed by atoms with Crippen molar-refractivity contribution in [1.82, 2.24) is 10.6 Å². The number of para-hydroxylation sites is 1. The van der Waals surface area contributed by atoms with E-state index in [0.717, 1.165) is 5.56 Å². The van der Waals surface area contributed by atoms with Crippen LogP contribution in [-0.2, 0) is 27.2 Å². The van der Waals surface area contributed by atoms with Gasteiger partial charge in [0.2, 0.25) is 17.7 Å². The summed E-state index contributed by atoms with van der Waals surface area (Å²) in [6, 6.07) is 19.3. The maximum Gasteiger partial charge on any atom is 0.247 e. The van der Waals surface area contributed by atoms with Gasteiger partial charge in [-0.15, -0.1) is 0 Å². The number of phenols is 1. The maximum atomic E-state index is 13.3. The van der Waals surface area contributed by atoms with Gasteiger partial charge in [-0.3, -0.25) is 14.4 Å². The first-order chi connectivity index (χ1) is 16.8. The molecule has 3 rings (SSSR count). The second-order valence-corrected chi connectivity index (χ2v) is 8.20. The van der Waals surface area contributed by atoms with Crippen LogP contribution in [0.2, 0.25) is 0 Å². The van der Waals surface area contributed by atoms with E-state index in [0.29, 0.717) is 17.7 Å². The second-order valence-electron chi connectivity index (χ2n) is 8.20. The molecule has 0 spiro atoms. The van der Waals surface area contributed by atoms with Crippen LogP contribution >= 0.6 is 0 Å². The van der Waals surface area contributed by atoms with Crippen molar-refractivity contribution in [2.75, 3.05) is 5.32 Å². The van der Waals surface area contributed by atoms with E-state index in [9.17, 15) is 23.9 Å². The van der Waals surface area contributed by atoms with Gasteiger partial charge in [-0.1, -0.05) is 42.5 Å². The van der Waals surface area contributed by atoms with E-state index < -0.39 is 29.7 Å². The lowest BCUT2D eigenvalue weighted by Gasteiger charge is -2.21. The lowest BCUT2D eigenvalue weighted by Crippen LogP contribution is -2.52. The predicted octanol–water partition coefficient (Wildman–Crippen LogP) is 3.33.